The minimum absolute atomic E-state index is 0.0177. The van der Waals surface area contributed by atoms with Gasteiger partial charge >= 0.3 is 0 Å². The zero-order valence-corrected chi connectivity index (χ0v) is 18.3. The molecular formula is C22H21ClN2O4S. The molecule has 3 rings (SSSR count). The molecule has 6 nitrogen and oxygen atoms in total. The van der Waals surface area contributed by atoms with Crippen molar-refractivity contribution in [3.63, 3.8) is 0 Å². The Morgan fingerprint density at radius 3 is 2.43 bits per heavy atom. The molecule has 0 saturated carbocycles. The van der Waals surface area contributed by atoms with Gasteiger partial charge in [-0.25, -0.2) is 8.42 Å². The van der Waals surface area contributed by atoms with Gasteiger partial charge in [0.2, 0.25) is 0 Å². The number of amides is 1. The number of benzene rings is 3. The Balaban J connectivity index is 1.86. The highest BCUT2D eigenvalue weighted by atomic mass is 35.5. The van der Waals surface area contributed by atoms with E-state index in [0.29, 0.717) is 22.1 Å². The SMILES string of the molecule is COc1cc(Cl)c(C)cc1NC(=O)c1cccc(S(=O)(=O)Nc2cccc(C)c2)c1. The summed E-state index contributed by atoms with van der Waals surface area (Å²) in [6.07, 6.45) is 0. The van der Waals surface area contributed by atoms with Crippen LogP contribution in [0.2, 0.25) is 5.02 Å². The summed E-state index contributed by atoms with van der Waals surface area (Å²) in [6.45, 7) is 3.68. The molecule has 0 aliphatic heterocycles. The molecule has 0 bridgehead atoms. The number of methoxy groups -OCH3 is 1. The van der Waals surface area contributed by atoms with E-state index in [1.165, 1.54) is 31.4 Å². The number of sulfonamides is 1. The van der Waals surface area contributed by atoms with E-state index < -0.39 is 15.9 Å². The fourth-order valence-electron chi connectivity index (χ4n) is 2.85. The number of aryl methyl sites for hydroxylation is 2. The number of halogens is 1. The van der Waals surface area contributed by atoms with E-state index in [1.54, 1.807) is 30.3 Å². The van der Waals surface area contributed by atoms with Crippen LogP contribution in [0.4, 0.5) is 11.4 Å². The number of carbonyl (C=O) groups excluding carboxylic acids is 1. The monoisotopic (exact) mass is 444 g/mol. The Bertz CT molecular complexity index is 1210. The van der Waals surface area contributed by atoms with Crippen molar-refractivity contribution in [2.75, 3.05) is 17.1 Å². The minimum Gasteiger partial charge on any atom is -0.495 e. The molecule has 8 heteroatoms. The molecule has 0 unspecified atom stereocenters. The van der Waals surface area contributed by atoms with Gasteiger partial charge in [0.15, 0.2) is 0 Å². The second-order valence-electron chi connectivity index (χ2n) is 6.76. The number of hydrogen-bond donors (Lipinski definition) is 2. The van der Waals surface area contributed by atoms with Crippen LogP contribution in [0.15, 0.2) is 65.6 Å². The van der Waals surface area contributed by atoms with Gasteiger partial charge in [-0.05, 0) is 61.4 Å². The molecule has 0 saturated heterocycles. The Kier molecular flexibility index (Phi) is 6.34. The summed E-state index contributed by atoms with van der Waals surface area (Å²) in [7, 11) is -2.38. The Morgan fingerprint density at radius 1 is 1.00 bits per heavy atom. The Labute approximate surface area is 180 Å². The summed E-state index contributed by atoms with van der Waals surface area (Å²) in [6, 6.07) is 16.1. The third kappa shape index (κ3) is 4.93. The molecule has 0 aromatic heterocycles. The van der Waals surface area contributed by atoms with Gasteiger partial charge in [-0.3, -0.25) is 9.52 Å². The van der Waals surface area contributed by atoms with Gasteiger partial charge in [0, 0.05) is 22.3 Å². The van der Waals surface area contributed by atoms with Crippen molar-refractivity contribution < 1.29 is 17.9 Å². The Morgan fingerprint density at radius 2 is 1.73 bits per heavy atom. The second kappa shape index (κ2) is 8.77. The molecule has 3 aromatic rings. The number of carbonyl (C=O) groups is 1. The van der Waals surface area contributed by atoms with Crippen LogP contribution >= 0.6 is 11.6 Å². The third-order valence-electron chi connectivity index (χ3n) is 4.41. The van der Waals surface area contributed by atoms with Crippen molar-refractivity contribution in [2.45, 2.75) is 18.7 Å². The fourth-order valence-corrected chi connectivity index (χ4v) is 4.10. The summed E-state index contributed by atoms with van der Waals surface area (Å²) in [5.41, 5.74) is 2.78. The van der Waals surface area contributed by atoms with Gasteiger partial charge in [-0.1, -0.05) is 29.8 Å². The zero-order chi connectivity index (χ0) is 21.9. The lowest BCUT2D eigenvalue weighted by atomic mass is 10.1. The first kappa shape index (κ1) is 21.7. The molecule has 3 aromatic carbocycles. The number of nitrogens with one attached hydrogen (secondary N) is 2. The van der Waals surface area contributed by atoms with Crippen LogP contribution in [0.3, 0.4) is 0 Å². The van der Waals surface area contributed by atoms with E-state index in [2.05, 4.69) is 10.0 Å². The van der Waals surface area contributed by atoms with Gasteiger partial charge in [0.05, 0.1) is 17.7 Å². The lowest BCUT2D eigenvalue weighted by Gasteiger charge is -2.13. The normalized spacial score (nSPS) is 11.1. The van der Waals surface area contributed by atoms with Crippen molar-refractivity contribution in [3.8, 4) is 5.75 Å². The molecule has 0 fully saturated rings. The summed E-state index contributed by atoms with van der Waals surface area (Å²) in [5, 5.41) is 3.26. The first-order chi connectivity index (χ1) is 14.2. The van der Waals surface area contributed by atoms with Crippen molar-refractivity contribution >= 4 is 38.9 Å². The molecule has 0 heterocycles. The highest BCUT2D eigenvalue weighted by Crippen LogP contribution is 2.31. The molecule has 0 spiro atoms. The first-order valence-corrected chi connectivity index (χ1v) is 10.9. The lowest BCUT2D eigenvalue weighted by molar-refractivity contribution is 0.102. The van der Waals surface area contributed by atoms with Gasteiger partial charge < -0.3 is 10.1 Å². The van der Waals surface area contributed by atoms with Crippen molar-refractivity contribution in [2.24, 2.45) is 0 Å². The van der Waals surface area contributed by atoms with E-state index in [4.69, 9.17) is 16.3 Å². The summed E-state index contributed by atoms with van der Waals surface area (Å²) in [4.78, 5) is 12.7. The van der Waals surface area contributed by atoms with E-state index >= 15 is 0 Å². The quantitative estimate of drug-likeness (QED) is 0.559. The second-order valence-corrected chi connectivity index (χ2v) is 8.85. The largest absolute Gasteiger partial charge is 0.495 e. The molecule has 30 heavy (non-hydrogen) atoms. The number of rotatable bonds is 6. The van der Waals surface area contributed by atoms with E-state index in [-0.39, 0.29) is 10.5 Å². The maximum atomic E-state index is 12.8. The van der Waals surface area contributed by atoms with Crippen LogP contribution in [0.5, 0.6) is 5.75 Å². The summed E-state index contributed by atoms with van der Waals surface area (Å²) in [5.74, 6) is -0.0635. The van der Waals surface area contributed by atoms with Gasteiger partial charge in [0.1, 0.15) is 5.75 Å². The maximum Gasteiger partial charge on any atom is 0.261 e. The minimum atomic E-state index is -3.86. The molecule has 0 aliphatic carbocycles. The van der Waals surface area contributed by atoms with Crippen LogP contribution < -0.4 is 14.8 Å². The molecule has 0 radical (unpaired) electrons. The predicted molar refractivity (Wildman–Crippen MR) is 119 cm³/mol. The van der Waals surface area contributed by atoms with Crippen LogP contribution in [0.1, 0.15) is 21.5 Å². The lowest BCUT2D eigenvalue weighted by Crippen LogP contribution is -2.16. The van der Waals surface area contributed by atoms with Crippen LogP contribution in [0.25, 0.3) is 0 Å². The van der Waals surface area contributed by atoms with Crippen molar-refractivity contribution in [1.29, 1.82) is 0 Å². The molecular weight excluding hydrogens is 424 g/mol. The topological polar surface area (TPSA) is 84.5 Å². The van der Waals surface area contributed by atoms with E-state index in [9.17, 15) is 13.2 Å². The van der Waals surface area contributed by atoms with Crippen LogP contribution in [0, 0.1) is 13.8 Å². The van der Waals surface area contributed by atoms with Crippen LogP contribution in [-0.2, 0) is 10.0 Å². The number of hydrogen-bond acceptors (Lipinski definition) is 4. The zero-order valence-electron chi connectivity index (χ0n) is 16.7. The van der Waals surface area contributed by atoms with Crippen LogP contribution in [-0.4, -0.2) is 21.4 Å². The standard InChI is InChI=1S/C22H21ClN2O4S/c1-14-6-4-8-17(10-14)25-30(27,28)18-9-5-7-16(12-18)22(26)24-20-11-15(2)19(23)13-21(20)29-3/h4-13,25H,1-3H3,(H,24,26). The maximum absolute atomic E-state index is 12.8. The Hall–Kier alpha value is -3.03. The van der Waals surface area contributed by atoms with Gasteiger partial charge in [-0.2, -0.15) is 0 Å². The number of anilines is 2. The highest BCUT2D eigenvalue weighted by molar-refractivity contribution is 7.92. The van der Waals surface area contributed by atoms with Crippen molar-refractivity contribution in [3.05, 3.63) is 82.4 Å². The fraction of sp³-hybridized carbons (Fsp3) is 0.136. The number of ether oxygens (including phenoxy) is 1. The third-order valence-corrected chi connectivity index (χ3v) is 6.19. The molecule has 0 aliphatic rings. The molecule has 156 valence electrons. The van der Waals surface area contributed by atoms with E-state index in [0.717, 1.165) is 11.1 Å². The van der Waals surface area contributed by atoms with E-state index in [1.807, 2.05) is 19.9 Å². The molecule has 1 amide bonds. The predicted octanol–water partition coefficient (Wildman–Crippen LogP) is 5.02. The summed E-state index contributed by atoms with van der Waals surface area (Å²) >= 11 is 6.10. The molecule has 0 atom stereocenters. The average Bonchev–Trinajstić information content (AvgIpc) is 2.70. The highest BCUT2D eigenvalue weighted by Gasteiger charge is 2.18. The van der Waals surface area contributed by atoms with Gasteiger partial charge in [0.25, 0.3) is 15.9 Å². The average molecular weight is 445 g/mol. The van der Waals surface area contributed by atoms with Gasteiger partial charge in [-0.15, -0.1) is 0 Å². The molecule has 2 N–H and O–H groups in total. The van der Waals surface area contributed by atoms with Crippen molar-refractivity contribution in [1.82, 2.24) is 0 Å². The smallest absolute Gasteiger partial charge is 0.261 e. The first-order valence-electron chi connectivity index (χ1n) is 9.04. The summed E-state index contributed by atoms with van der Waals surface area (Å²) < 4.78 is 33.3.